The van der Waals surface area contributed by atoms with Crippen molar-refractivity contribution >= 4 is 11.8 Å². The first-order valence-electron chi connectivity index (χ1n) is 5.06. The Morgan fingerprint density at radius 2 is 2.36 bits per heavy atom. The number of hydrogen-bond donors (Lipinski definition) is 1. The minimum Gasteiger partial charge on any atom is -0.328 e. The van der Waals surface area contributed by atoms with Crippen LogP contribution in [0.25, 0.3) is 0 Å². The molecule has 2 N–H and O–H groups in total. The van der Waals surface area contributed by atoms with Crippen LogP contribution >= 0.6 is 11.8 Å². The average Bonchev–Trinajstić information content (AvgIpc) is 2.16. The van der Waals surface area contributed by atoms with Gasteiger partial charge in [0.1, 0.15) is 0 Å². The quantitative estimate of drug-likeness (QED) is 0.759. The normalized spacial score (nSPS) is 12.8. The molecule has 1 aromatic rings. The highest BCUT2D eigenvalue weighted by molar-refractivity contribution is 7.99. The third-order valence-electron chi connectivity index (χ3n) is 1.83. The van der Waals surface area contributed by atoms with Gasteiger partial charge in [0.05, 0.1) is 5.03 Å². The van der Waals surface area contributed by atoms with Gasteiger partial charge in [-0.1, -0.05) is 13.0 Å². The summed E-state index contributed by atoms with van der Waals surface area (Å²) < 4.78 is 0. The Labute approximate surface area is 90.3 Å². The van der Waals surface area contributed by atoms with Crippen molar-refractivity contribution in [2.75, 3.05) is 5.75 Å². The molecule has 0 amide bonds. The summed E-state index contributed by atoms with van der Waals surface area (Å²) in [6.07, 6.45) is 3.95. The molecule has 0 saturated carbocycles. The Morgan fingerprint density at radius 1 is 1.57 bits per heavy atom. The van der Waals surface area contributed by atoms with Gasteiger partial charge in [0.2, 0.25) is 0 Å². The van der Waals surface area contributed by atoms with E-state index in [9.17, 15) is 0 Å². The second kappa shape index (κ2) is 6.04. The highest BCUT2D eigenvalue weighted by Gasteiger charge is 2.05. The van der Waals surface area contributed by atoms with Crippen LogP contribution in [0.15, 0.2) is 23.4 Å². The molecule has 1 aromatic heterocycles. The van der Waals surface area contributed by atoms with Gasteiger partial charge in [-0.25, -0.2) is 4.98 Å². The lowest BCUT2D eigenvalue weighted by Gasteiger charge is -2.09. The van der Waals surface area contributed by atoms with Crippen molar-refractivity contribution in [2.45, 2.75) is 37.8 Å². The molecule has 1 unspecified atom stereocenters. The zero-order chi connectivity index (χ0) is 10.4. The van der Waals surface area contributed by atoms with Crippen molar-refractivity contribution in [2.24, 2.45) is 5.73 Å². The van der Waals surface area contributed by atoms with Gasteiger partial charge >= 0.3 is 0 Å². The van der Waals surface area contributed by atoms with Crippen LogP contribution in [-0.2, 0) is 6.42 Å². The fourth-order valence-electron chi connectivity index (χ4n) is 1.26. The Balaban J connectivity index is 2.69. The highest BCUT2D eigenvalue weighted by Crippen LogP contribution is 2.21. The largest absolute Gasteiger partial charge is 0.328 e. The topological polar surface area (TPSA) is 38.9 Å². The molecular weight excluding hydrogens is 192 g/mol. The van der Waals surface area contributed by atoms with Gasteiger partial charge in [-0.3, -0.25) is 0 Å². The summed E-state index contributed by atoms with van der Waals surface area (Å²) in [4.78, 5) is 4.38. The van der Waals surface area contributed by atoms with Crippen molar-refractivity contribution < 1.29 is 0 Å². The fraction of sp³-hybridized carbons (Fsp3) is 0.545. The molecule has 14 heavy (non-hydrogen) atoms. The van der Waals surface area contributed by atoms with Crippen LogP contribution in [0.1, 0.15) is 25.8 Å². The molecule has 0 aliphatic rings. The predicted octanol–water partition coefficient (Wildman–Crippen LogP) is 2.47. The SMILES string of the molecule is CCCSc1ncccc1CC(C)N. The number of hydrogen-bond acceptors (Lipinski definition) is 3. The van der Waals surface area contributed by atoms with Crippen LogP contribution < -0.4 is 5.73 Å². The molecule has 0 bridgehead atoms. The second-order valence-corrected chi connectivity index (χ2v) is 4.58. The summed E-state index contributed by atoms with van der Waals surface area (Å²) in [7, 11) is 0. The average molecular weight is 210 g/mol. The third-order valence-corrected chi connectivity index (χ3v) is 3.09. The van der Waals surface area contributed by atoms with E-state index >= 15 is 0 Å². The minimum absolute atomic E-state index is 0.208. The lowest BCUT2D eigenvalue weighted by molar-refractivity contribution is 0.722. The van der Waals surface area contributed by atoms with Gasteiger partial charge in [-0.2, -0.15) is 0 Å². The van der Waals surface area contributed by atoms with Crippen LogP contribution in [0.2, 0.25) is 0 Å². The van der Waals surface area contributed by atoms with E-state index in [1.165, 1.54) is 12.0 Å². The molecule has 0 spiro atoms. The number of nitrogens with zero attached hydrogens (tertiary/aromatic N) is 1. The third kappa shape index (κ3) is 3.68. The van der Waals surface area contributed by atoms with E-state index in [2.05, 4.69) is 18.0 Å². The predicted molar refractivity (Wildman–Crippen MR) is 62.6 cm³/mol. The lowest BCUT2D eigenvalue weighted by atomic mass is 10.1. The number of aromatic nitrogens is 1. The van der Waals surface area contributed by atoms with E-state index in [-0.39, 0.29) is 6.04 Å². The van der Waals surface area contributed by atoms with Crippen molar-refractivity contribution in [3.63, 3.8) is 0 Å². The summed E-state index contributed by atoms with van der Waals surface area (Å²) in [5.74, 6) is 1.13. The van der Waals surface area contributed by atoms with Gasteiger partial charge in [0.25, 0.3) is 0 Å². The first-order valence-corrected chi connectivity index (χ1v) is 6.05. The summed E-state index contributed by atoms with van der Waals surface area (Å²) >= 11 is 1.82. The first kappa shape index (κ1) is 11.5. The Hall–Kier alpha value is -0.540. The molecule has 1 atom stereocenters. The van der Waals surface area contributed by atoms with Crippen LogP contribution in [0.5, 0.6) is 0 Å². The zero-order valence-electron chi connectivity index (χ0n) is 8.86. The lowest BCUT2D eigenvalue weighted by Crippen LogP contribution is -2.18. The maximum absolute atomic E-state index is 5.78. The van der Waals surface area contributed by atoms with Crippen LogP contribution in [0.4, 0.5) is 0 Å². The standard InChI is InChI=1S/C11H18N2S/c1-3-7-14-11-10(8-9(2)12)5-4-6-13-11/h4-6,9H,3,7-8,12H2,1-2H3. The summed E-state index contributed by atoms with van der Waals surface area (Å²) in [6.45, 7) is 4.21. The van der Waals surface area contributed by atoms with E-state index in [0.29, 0.717) is 0 Å². The molecule has 1 rings (SSSR count). The zero-order valence-corrected chi connectivity index (χ0v) is 9.68. The molecule has 1 heterocycles. The molecule has 3 heteroatoms. The van der Waals surface area contributed by atoms with Gasteiger partial charge < -0.3 is 5.73 Å². The minimum atomic E-state index is 0.208. The second-order valence-electron chi connectivity index (χ2n) is 3.50. The van der Waals surface area contributed by atoms with E-state index in [1.807, 2.05) is 30.9 Å². The summed E-state index contributed by atoms with van der Waals surface area (Å²) in [5.41, 5.74) is 7.06. The van der Waals surface area contributed by atoms with Crippen molar-refractivity contribution in [1.82, 2.24) is 4.98 Å². The van der Waals surface area contributed by atoms with Crippen molar-refractivity contribution in [3.05, 3.63) is 23.9 Å². The monoisotopic (exact) mass is 210 g/mol. The fourth-order valence-corrected chi connectivity index (χ4v) is 2.12. The Bertz CT molecular complexity index is 274. The molecule has 0 saturated heterocycles. The molecule has 78 valence electrons. The summed E-state index contributed by atoms with van der Waals surface area (Å²) in [6, 6.07) is 4.31. The van der Waals surface area contributed by atoms with Gasteiger partial charge in [0, 0.05) is 12.2 Å². The first-order chi connectivity index (χ1) is 6.74. The maximum atomic E-state index is 5.78. The van der Waals surface area contributed by atoms with Gasteiger partial charge in [0.15, 0.2) is 0 Å². The van der Waals surface area contributed by atoms with Gasteiger partial charge in [-0.15, -0.1) is 11.8 Å². The molecule has 0 aliphatic carbocycles. The van der Waals surface area contributed by atoms with Crippen molar-refractivity contribution in [3.8, 4) is 0 Å². The Morgan fingerprint density at radius 3 is 3.00 bits per heavy atom. The molecule has 0 fully saturated rings. The number of pyridine rings is 1. The molecular formula is C11H18N2S. The molecule has 0 aliphatic heterocycles. The number of nitrogens with two attached hydrogens (primary N) is 1. The number of thioether (sulfide) groups is 1. The molecule has 2 nitrogen and oxygen atoms in total. The van der Waals surface area contributed by atoms with E-state index in [4.69, 9.17) is 5.73 Å². The smallest absolute Gasteiger partial charge is 0.0992 e. The highest BCUT2D eigenvalue weighted by atomic mass is 32.2. The van der Waals surface area contributed by atoms with Crippen LogP contribution in [0, 0.1) is 0 Å². The molecule has 0 radical (unpaired) electrons. The van der Waals surface area contributed by atoms with E-state index in [0.717, 1.165) is 17.2 Å². The van der Waals surface area contributed by atoms with E-state index < -0.39 is 0 Å². The summed E-state index contributed by atoms with van der Waals surface area (Å²) in [5, 5.41) is 1.15. The maximum Gasteiger partial charge on any atom is 0.0992 e. The van der Waals surface area contributed by atoms with Crippen LogP contribution in [0.3, 0.4) is 0 Å². The van der Waals surface area contributed by atoms with E-state index in [1.54, 1.807) is 0 Å². The Kier molecular flexibility index (Phi) is 4.98. The number of rotatable bonds is 5. The molecule has 0 aromatic carbocycles. The van der Waals surface area contributed by atoms with Crippen molar-refractivity contribution in [1.29, 1.82) is 0 Å². The van der Waals surface area contributed by atoms with Gasteiger partial charge in [-0.05, 0) is 37.1 Å². The van der Waals surface area contributed by atoms with Crippen LogP contribution in [-0.4, -0.2) is 16.8 Å².